The Morgan fingerprint density at radius 3 is 2.47 bits per heavy atom. The minimum Gasteiger partial charge on any atom is -0.280 e. The van der Waals surface area contributed by atoms with Gasteiger partial charge in [0.05, 0.1) is 17.1 Å². The average Bonchev–Trinajstić information content (AvgIpc) is 2.60. The molecule has 1 aromatic carbocycles. The summed E-state index contributed by atoms with van der Waals surface area (Å²) in [6.07, 6.45) is 0. The average molecular weight is 409 g/mol. The maximum absolute atomic E-state index is 12.3. The fourth-order valence-corrected chi connectivity index (χ4v) is 4.51. The highest BCUT2D eigenvalue weighted by atomic mass is 79.9. The fraction of sp³-hybridized carbons (Fsp3) is 0.182. The smallest absolute Gasteiger partial charge is 0.263 e. The van der Waals surface area contributed by atoms with E-state index in [1.807, 2.05) is 0 Å². The molecule has 0 unspecified atom stereocenters. The Labute approximate surface area is 128 Å². The molecule has 0 bridgehead atoms. The van der Waals surface area contributed by atoms with Gasteiger partial charge in [0.2, 0.25) is 0 Å². The van der Waals surface area contributed by atoms with Gasteiger partial charge in [0.15, 0.2) is 0 Å². The summed E-state index contributed by atoms with van der Waals surface area (Å²) in [6.45, 7) is 3.49. The first-order valence-corrected chi connectivity index (χ1v) is 8.37. The van der Waals surface area contributed by atoms with Crippen molar-refractivity contribution in [3.8, 4) is 0 Å². The predicted molar refractivity (Wildman–Crippen MR) is 80.7 cm³/mol. The molecule has 19 heavy (non-hydrogen) atoms. The minimum atomic E-state index is -3.65. The number of aryl methyl sites for hydroxylation is 2. The molecule has 2 N–H and O–H groups in total. The molecule has 1 aromatic heterocycles. The topological polar surface area (TPSA) is 74.8 Å². The van der Waals surface area contributed by atoms with Gasteiger partial charge in [-0.3, -0.25) is 9.82 Å². The zero-order valence-corrected chi connectivity index (χ0v) is 14.1. The normalized spacial score (nSPS) is 11.6. The number of hydrogen-bond acceptors (Lipinski definition) is 3. The van der Waals surface area contributed by atoms with E-state index in [0.29, 0.717) is 21.5 Å². The van der Waals surface area contributed by atoms with Gasteiger partial charge in [-0.1, -0.05) is 15.9 Å². The Kier molecular flexibility index (Phi) is 4.03. The van der Waals surface area contributed by atoms with E-state index in [1.54, 1.807) is 26.0 Å². The van der Waals surface area contributed by atoms with Crippen LogP contribution < -0.4 is 4.72 Å². The van der Waals surface area contributed by atoms with Crippen molar-refractivity contribution in [3.05, 3.63) is 38.5 Å². The van der Waals surface area contributed by atoms with E-state index in [9.17, 15) is 8.42 Å². The van der Waals surface area contributed by atoms with Crippen molar-refractivity contribution in [3.63, 3.8) is 0 Å². The second-order valence-corrected chi connectivity index (χ2v) is 7.41. The van der Waals surface area contributed by atoms with Crippen LogP contribution in [0.2, 0.25) is 0 Å². The molecule has 0 saturated heterocycles. The summed E-state index contributed by atoms with van der Waals surface area (Å²) in [7, 11) is -3.65. The molecule has 0 aliphatic heterocycles. The van der Waals surface area contributed by atoms with Gasteiger partial charge in [0, 0.05) is 8.95 Å². The monoisotopic (exact) mass is 407 g/mol. The molecule has 1 heterocycles. The van der Waals surface area contributed by atoms with E-state index in [1.165, 1.54) is 6.07 Å². The number of nitrogens with one attached hydrogen (secondary N) is 2. The summed E-state index contributed by atoms with van der Waals surface area (Å²) < 4.78 is 28.5. The van der Waals surface area contributed by atoms with Crippen LogP contribution in [0.5, 0.6) is 0 Å². The highest BCUT2D eigenvalue weighted by Gasteiger charge is 2.20. The molecule has 0 saturated carbocycles. The molecular formula is C11H11Br2N3O2S. The summed E-state index contributed by atoms with van der Waals surface area (Å²) in [6, 6.07) is 4.89. The van der Waals surface area contributed by atoms with Crippen LogP contribution in [0.15, 0.2) is 32.0 Å². The quantitative estimate of drug-likeness (QED) is 0.817. The van der Waals surface area contributed by atoms with Crippen molar-refractivity contribution in [2.75, 3.05) is 4.72 Å². The van der Waals surface area contributed by atoms with Crippen molar-refractivity contribution >= 4 is 47.6 Å². The Morgan fingerprint density at radius 2 is 1.95 bits per heavy atom. The SMILES string of the molecule is Cc1n[nH]c(C)c1NS(=O)(=O)c1ccc(Br)cc1Br. The molecule has 0 aliphatic rings. The summed E-state index contributed by atoms with van der Waals surface area (Å²) in [5.74, 6) is 0. The van der Waals surface area contributed by atoms with Gasteiger partial charge in [0.1, 0.15) is 4.90 Å². The number of nitrogens with zero attached hydrogens (tertiary/aromatic N) is 1. The second-order valence-electron chi connectivity index (χ2n) is 3.99. The van der Waals surface area contributed by atoms with Crippen LogP contribution in [-0.4, -0.2) is 18.6 Å². The molecular weight excluding hydrogens is 398 g/mol. The molecule has 2 aromatic rings. The van der Waals surface area contributed by atoms with Crippen LogP contribution in [0.25, 0.3) is 0 Å². The van der Waals surface area contributed by atoms with Gasteiger partial charge >= 0.3 is 0 Å². The zero-order valence-electron chi connectivity index (χ0n) is 10.2. The lowest BCUT2D eigenvalue weighted by molar-refractivity contribution is 0.600. The molecule has 0 fully saturated rings. The van der Waals surface area contributed by atoms with E-state index < -0.39 is 10.0 Å². The van der Waals surface area contributed by atoms with Crippen LogP contribution in [0.4, 0.5) is 5.69 Å². The first kappa shape index (κ1) is 14.5. The minimum absolute atomic E-state index is 0.177. The number of aromatic amines is 1. The van der Waals surface area contributed by atoms with Gasteiger partial charge in [-0.05, 0) is 48.0 Å². The third-order valence-corrected chi connectivity index (χ3v) is 5.37. The molecule has 2 rings (SSSR count). The molecule has 8 heteroatoms. The standard InChI is InChI=1S/C11H11Br2N3O2S/c1-6-11(7(2)15-14-6)16-19(17,18)10-4-3-8(12)5-9(10)13/h3-5,16H,1-2H3,(H,14,15). The van der Waals surface area contributed by atoms with Crippen molar-refractivity contribution < 1.29 is 8.42 Å². The van der Waals surface area contributed by atoms with Crippen molar-refractivity contribution in [1.29, 1.82) is 0 Å². The van der Waals surface area contributed by atoms with Crippen LogP contribution >= 0.6 is 31.9 Å². The molecule has 0 spiro atoms. The van der Waals surface area contributed by atoms with E-state index in [-0.39, 0.29) is 4.90 Å². The van der Waals surface area contributed by atoms with E-state index in [2.05, 4.69) is 46.8 Å². The maximum atomic E-state index is 12.3. The van der Waals surface area contributed by atoms with Crippen LogP contribution in [0.1, 0.15) is 11.4 Å². The molecule has 0 atom stereocenters. The lowest BCUT2D eigenvalue weighted by atomic mass is 10.3. The number of benzene rings is 1. The predicted octanol–water partition coefficient (Wildman–Crippen LogP) is 3.35. The molecule has 102 valence electrons. The van der Waals surface area contributed by atoms with Gasteiger partial charge in [-0.15, -0.1) is 0 Å². The number of rotatable bonds is 3. The second kappa shape index (κ2) is 5.26. The zero-order chi connectivity index (χ0) is 14.2. The Morgan fingerprint density at radius 1 is 1.26 bits per heavy atom. The summed E-state index contributed by atoms with van der Waals surface area (Å²) in [5.41, 5.74) is 1.76. The maximum Gasteiger partial charge on any atom is 0.263 e. The first-order chi connectivity index (χ1) is 8.81. The largest absolute Gasteiger partial charge is 0.280 e. The first-order valence-electron chi connectivity index (χ1n) is 5.30. The lowest BCUT2D eigenvalue weighted by Crippen LogP contribution is -2.14. The van der Waals surface area contributed by atoms with E-state index in [4.69, 9.17) is 0 Å². The number of sulfonamides is 1. The van der Waals surface area contributed by atoms with Crippen LogP contribution in [0, 0.1) is 13.8 Å². The Bertz CT molecular complexity index is 706. The third kappa shape index (κ3) is 3.01. The lowest BCUT2D eigenvalue weighted by Gasteiger charge is -2.10. The molecule has 5 nitrogen and oxygen atoms in total. The number of aromatic nitrogens is 2. The summed E-state index contributed by atoms with van der Waals surface area (Å²) in [4.78, 5) is 0.177. The highest BCUT2D eigenvalue weighted by molar-refractivity contribution is 9.11. The van der Waals surface area contributed by atoms with Gasteiger partial charge < -0.3 is 0 Å². The summed E-state index contributed by atoms with van der Waals surface area (Å²) in [5, 5.41) is 6.70. The fourth-order valence-electron chi connectivity index (χ4n) is 1.58. The van der Waals surface area contributed by atoms with Gasteiger partial charge in [-0.2, -0.15) is 5.10 Å². The van der Waals surface area contributed by atoms with Crippen LogP contribution in [-0.2, 0) is 10.0 Å². The number of H-pyrrole nitrogens is 1. The molecule has 0 radical (unpaired) electrons. The highest BCUT2D eigenvalue weighted by Crippen LogP contribution is 2.28. The summed E-state index contributed by atoms with van der Waals surface area (Å²) >= 11 is 6.54. The van der Waals surface area contributed by atoms with Crippen LogP contribution in [0.3, 0.4) is 0 Å². The van der Waals surface area contributed by atoms with E-state index in [0.717, 1.165) is 4.47 Å². The molecule has 0 amide bonds. The number of hydrogen-bond donors (Lipinski definition) is 2. The number of anilines is 1. The Hall–Kier alpha value is -0.860. The van der Waals surface area contributed by atoms with Crippen molar-refractivity contribution in [2.45, 2.75) is 18.7 Å². The van der Waals surface area contributed by atoms with Crippen molar-refractivity contribution in [2.24, 2.45) is 0 Å². The van der Waals surface area contributed by atoms with E-state index >= 15 is 0 Å². The van der Waals surface area contributed by atoms with Gasteiger partial charge in [0.25, 0.3) is 10.0 Å². The third-order valence-electron chi connectivity index (χ3n) is 2.55. The number of halogens is 2. The molecule has 0 aliphatic carbocycles. The van der Waals surface area contributed by atoms with Crippen molar-refractivity contribution in [1.82, 2.24) is 10.2 Å². The Balaban J connectivity index is 2.44. The van der Waals surface area contributed by atoms with Gasteiger partial charge in [-0.25, -0.2) is 8.42 Å².